The van der Waals surface area contributed by atoms with Crippen molar-refractivity contribution in [2.75, 3.05) is 38.1 Å². The molecule has 0 spiro atoms. The molecule has 0 unspecified atom stereocenters. The number of carbonyl (C=O) groups is 1. The van der Waals surface area contributed by atoms with Crippen molar-refractivity contribution >= 4 is 17.5 Å². The van der Waals surface area contributed by atoms with Crippen LogP contribution >= 0.6 is 0 Å². The van der Waals surface area contributed by atoms with E-state index in [0.717, 1.165) is 31.7 Å². The lowest BCUT2D eigenvalue weighted by molar-refractivity contribution is -0.121. The number of nitriles is 1. The van der Waals surface area contributed by atoms with Crippen molar-refractivity contribution in [3.63, 3.8) is 0 Å². The van der Waals surface area contributed by atoms with Gasteiger partial charge in [-0.1, -0.05) is 32.9 Å². The van der Waals surface area contributed by atoms with Crippen molar-refractivity contribution in [1.82, 2.24) is 4.90 Å². The highest BCUT2D eigenvalue weighted by atomic mass is 16.1. The van der Waals surface area contributed by atoms with Gasteiger partial charge in [0.1, 0.15) is 6.07 Å². The predicted molar refractivity (Wildman–Crippen MR) is 94.2 cm³/mol. The highest BCUT2D eigenvalue weighted by Crippen LogP contribution is 2.22. The molecule has 0 saturated carbocycles. The topological polar surface area (TPSA) is 47.3 Å². The maximum absolute atomic E-state index is 12.2. The molecule has 4 heteroatoms. The fraction of sp³-hybridized carbons (Fsp3) is 0.474. The first kappa shape index (κ1) is 17.2. The molecular weight excluding hydrogens is 286 g/mol. The van der Waals surface area contributed by atoms with Gasteiger partial charge in [0.2, 0.25) is 0 Å². The molecule has 1 heterocycles. The Bertz CT molecular complexity index is 624. The first-order valence-electron chi connectivity index (χ1n) is 8.01. The van der Waals surface area contributed by atoms with Gasteiger partial charge in [0.25, 0.3) is 0 Å². The molecule has 1 saturated heterocycles. The molecule has 1 fully saturated rings. The number of likely N-dealkylation sites (N-methyl/N-ethyl adjacent to an activating group) is 1. The SMILES string of the molecule is CN1CCN(c2ccc(/C=C(\C#N)C(=O)C(C)(C)C)cc2)CC1. The number of carbonyl (C=O) groups excluding carboxylic acids is 1. The van der Waals surface area contributed by atoms with Gasteiger partial charge in [-0.3, -0.25) is 4.79 Å². The Kier molecular flexibility index (Phi) is 5.23. The van der Waals surface area contributed by atoms with Crippen LogP contribution in [0.25, 0.3) is 6.08 Å². The Morgan fingerprint density at radius 2 is 1.70 bits per heavy atom. The van der Waals surface area contributed by atoms with Crippen molar-refractivity contribution < 1.29 is 4.79 Å². The maximum atomic E-state index is 12.2. The number of nitrogens with zero attached hydrogens (tertiary/aromatic N) is 3. The summed E-state index contributed by atoms with van der Waals surface area (Å²) in [5.41, 5.74) is 1.75. The van der Waals surface area contributed by atoms with Crippen LogP contribution in [-0.2, 0) is 4.79 Å². The van der Waals surface area contributed by atoms with Gasteiger partial charge in [-0.15, -0.1) is 0 Å². The van der Waals surface area contributed by atoms with E-state index in [-0.39, 0.29) is 11.4 Å². The molecule has 0 aromatic heterocycles. The third kappa shape index (κ3) is 4.43. The Morgan fingerprint density at radius 3 is 2.17 bits per heavy atom. The van der Waals surface area contributed by atoms with Gasteiger partial charge in [0.05, 0.1) is 5.57 Å². The number of benzene rings is 1. The lowest BCUT2D eigenvalue weighted by Crippen LogP contribution is -2.44. The molecule has 1 aromatic rings. The van der Waals surface area contributed by atoms with E-state index in [4.69, 9.17) is 0 Å². The summed E-state index contributed by atoms with van der Waals surface area (Å²) in [6.07, 6.45) is 1.68. The molecule has 4 nitrogen and oxygen atoms in total. The molecule has 1 aliphatic heterocycles. The van der Waals surface area contributed by atoms with Crippen molar-refractivity contribution in [1.29, 1.82) is 5.26 Å². The average Bonchev–Trinajstić information content (AvgIpc) is 2.52. The minimum absolute atomic E-state index is 0.122. The number of rotatable bonds is 3. The van der Waals surface area contributed by atoms with E-state index < -0.39 is 5.41 Å². The number of Topliss-reactive ketones (excluding diaryl/α,β-unsaturated/α-hetero) is 1. The summed E-state index contributed by atoms with van der Waals surface area (Å²) in [5.74, 6) is -0.122. The van der Waals surface area contributed by atoms with Gasteiger partial charge in [-0.05, 0) is 30.8 Å². The molecule has 1 aromatic carbocycles. The number of piperazine rings is 1. The summed E-state index contributed by atoms with van der Waals surface area (Å²) < 4.78 is 0. The van der Waals surface area contributed by atoms with Gasteiger partial charge in [0, 0.05) is 37.3 Å². The van der Waals surface area contributed by atoms with Crippen LogP contribution in [-0.4, -0.2) is 43.9 Å². The molecule has 0 atom stereocenters. The lowest BCUT2D eigenvalue weighted by atomic mass is 9.86. The quantitative estimate of drug-likeness (QED) is 0.636. The molecular formula is C19H25N3O. The number of hydrogen-bond acceptors (Lipinski definition) is 4. The van der Waals surface area contributed by atoms with Crippen molar-refractivity contribution in [3.8, 4) is 6.07 Å². The summed E-state index contributed by atoms with van der Waals surface area (Å²) >= 11 is 0. The molecule has 0 aliphatic carbocycles. The molecule has 1 aliphatic rings. The highest BCUT2D eigenvalue weighted by Gasteiger charge is 2.24. The number of hydrogen-bond donors (Lipinski definition) is 0. The van der Waals surface area contributed by atoms with E-state index in [9.17, 15) is 10.1 Å². The maximum Gasteiger partial charge on any atom is 0.178 e. The molecule has 0 amide bonds. The first-order valence-corrected chi connectivity index (χ1v) is 8.01. The Balaban J connectivity index is 2.14. The largest absolute Gasteiger partial charge is 0.369 e. The van der Waals surface area contributed by atoms with Crippen LogP contribution in [0.4, 0.5) is 5.69 Å². The van der Waals surface area contributed by atoms with Crippen LogP contribution in [0.15, 0.2) is 29.8 Å². The Labute approximate surface area is 139 Å². The predicted octanol–water partition coefficient (Wildman–Crippen LogP) is 2.96. The zero-order chi connectivity index (χ0) is 17.0. The van der Waals surface area contributed by atoms with Crippen LogP contribution < -0.4 is 4.90 Å². The molecule has 23 heavy (non-hydrogen) atoms. The second-order valence-corrected chi connectivity index (χ2v) is 7.13. The van der Waals surface area contributed by atoms with E-state index in [1.54, 1.807) is 6.08 Å². The molecule has 2 rings (SSSR count). The van der Waals surface area contributed by atoms with E-state index in [1.807, 2.05) is 39.0 Å². The van der Waals surface area contributed by atoms with E-state index in [1.165, 1.54) is 5.69 Å². The second kappa shape index (κ2) is 6.97. The molecule has 0 radical (unpaired) electrons. The van der Waals surface area contributed by atoms with Gasteiger partial charge < -0.3 is 9.80 Å². The third-order valence-corrected chi connectivity index (χ3v) is 4.12. The first-order chi connectivity index (χ1) is 10.8. The fourth-order valence-electron chi connectivity index (χ4n) is 2.57. The summed E-state index contributed by atoms with van der Waals surface area (Å²) in [7, 11) is 2.14. The standard InChI is InChI=1S/C19H25N3O/c1-19(2,3)18(23)16(14-20)13-15-5-7-17(8-6-15)22-11-9-21(4)10-12-22/h5-8,13H,9-12H2,1-4H3/b16-13+. The summed E-state index contributed by atoms with van der Waals surface area (Å²) in [6, 6.07) is 10.1. The minimum Gasteiger partial charge on any atom is -0.369 e. The van der Waals surface area contributed by atoms with Crippen LogP contribution in [0.3, 0.4) is 0 Å². The average molecular weight is 311 g/mol. The highest BCUT2D eigenvalue weighted by molar-refractivity contribution is 6.06. The lowest BCUT2D eigenvalue weighted by Gasteiger charge is -2.34. The van der Waals surface area contributed by atoms with Crippen LogP contribution in [0, 0.1) is 16.7 Å². The van der Waals surface area contributed by atoms with Crippen molar-refractivity contribution in [3.05, 3.63) is 35.4 Å². The van der Waals surface area contributed by atoms with E-state index >= 15 is 0 Å². The van der Waals surface area contributed by atoms with Crippen molar-refractivity contribution in [2.45, 2.75) is 20.8 Å². The van der Waals surface area contributed by atoms with Gasteiger partial charge >= 0.3 is 0 Å². The van der Waals surface area contributed by atoms with Crippen LogP contribution in [0.5, 0.6) is 0 Å². The monoisotopic (exact) mass is 311 g/mol. The normalized spacial score (nSPS) is 17.0. The molecule has 122 valence electrons. The summed E-state index contributed by atoms with van der Waals surface area (Å²) in [4.78, 5) is 16.9. The Hall–Kier alpha value is -2.12. The zero-order valence-electron chi connectivity index (χ0n) is 14.5. The number of allylic oxidation sites excluding steroid dienone is 1. The smallest absolute Gasteiger partial charge is 0.178 e. The third-order valence-electron chi connectivity index (χ3n) is 4.12. The van der Waals surface area contributed by atoms with E-state index in [0.29, 0.717) is 0 Å². The minimum atomic E-state index is -0.540. The Morgan fingerprint density at radius 1 is 1.13 bits per heavy atom. The number of anilines is 1. The summed E-state index contributed by atoms with van der Waals surface area (Å²) in [6.45, 7) is 9.68. The number of ketones is 1. The van der Waals surface area contributed by atoms with Gasteiger partial charge in [-0.25, -0.2) is 0 Å². The molecule has 0 N–H and O–H groups in total. The van der Waals surface area contributed by atoms with Crippen molar-refractivity contribution in [2.24, 2.45) is 5.41 Å². The molecule has 0 bridgehead atoms. The fourth-order valence-corrected chi connectivity index (χ4v) is 2.57. The van der Waals surface area contributed by atoms with Gasteiger partial charge in [0.15, 0.2) is 5.78 Å². The van der Waals surface area contributed by atoms with Gasteiger partial charge in [-0.2, -0.15) is 5.26 Å². The zero-order valence-corrected chi connectivity index (χ0v) is 14.5. The van der Waals surface area contributed by atoms with E-state index in [2.05, 4.69) is 29.0 Å². The van der Waals surface area contributed by atoms with Crippen LogP contribution in [0.2, 0.25) is 0 Å². The van der Waals surface area contributed by atoms with Crippen LogP contribution in [0.1, 0.15) is 26.3 Å². The summed E-state index contributed by atoms with van der Waals surface area (Å²) in [5, 5.41) is 9.25. The second-order valence-electron chi connectivity index (χ2n) is 7.13.